The van der Waals surface area contributed by atoms with Gasteiger partial charge in [-0.05, 0) is 30.3 Å². The van der Waals surface area contributed by atoms with E-state index >= 15 is 0 Å². The Balaban J connectivity index is 1.66. The summed E-state index contributed by atoms with van der Waals surface area (Å²) in [5.74, 6) is -1.14. The van der Waals surface area contributed by atoms with Crippen molar-refractivity contribution < 1.29 is 14.3 Å². The van der Waals surface area contributed by atoms with Crippen molar-refractivity contribution in [2.24, 2.45) is 0 Å². The second kappa shape index (κ2) is 9.81. The molecule has 0 spiro atoms. The van der Waals surface area contributed by atoms with Crippen LogP contribution in [-0.4, -0.2) is 50.1 Å². The first kappa shape index (κ1) is 21.2. The zero-order valence-electron chi connectivity index (χ0n) is 16.5. The Hall–Kier alpha value is -3.50. The summed E-state index contributed by atoms with van der Waals surface area (Å²) in [7, 11) is 1.27. The van der Waals surface area contributed by atoms with Crippen LogP contribution in [0.2, 0.25) is 5.02 Å². The van der Waals surface area contributed by atoms with Gasteiger partial charge in [0.1, 0.15) is 11.6 Å². The number of para-hydroxylation sites is 1. The number of benzene rings is 2. The van der Waals surface area contributed by atoms with Crippen LogP contribution in [0.1, 0.15) is 10.4 Å². The fraction of sp³-hybridized carbons (Fsp3) is 0.227. The van der Waals surface area contributed by atoms with Gasteiger partial charge in [-0.25, -0.2) is 4.79 Å². The van der Waals surface area contributed by atoms with Crippen molar-refractivity contribution >= 4 is 34.9 Å². The van der Waals surface area contributed by atoms with Crippen molar-refractivity contribution in [2.45, 2.75) is 0 Å². The molecule has 8 heteroatoms. The van der Waals surface area contributed by atoms with E-state index < -0.39 is 11.9 Å². The van der Waals surface area contributed by atoms with Crippen molar-refractivity contribution in [3.05, 3.63) is 70.9 Å². The molecule has 1 aliphatic heterocycles. The number of amides is 1. The highest BCUT2D eigenvalue weighted by Gasteiger charge is 2.19. The zero-order chi connectivity index (χ0) is 21.5. The van der Waals surface area contributed by atoms with Gasteiger partial charge in [-0.2, -0.15) is 5.26 Å². The third kappa shape index (κ3) is 5.10. The molecule has 1 N–H and O–H groups in total. The molecule has 154 valence electrons. The summed E-state index contributed by atoms with van der Waals surface area (Å²) in [5.41, 5.74) is 1.52. The maximum absolute atomic E-state index is 12.6. The van der Waals surface area contributed by atoms with Gasteiger partial charge >= 0.3 is 5.97 Å². The molecule has 0 aromatic heterocycles. The maximum atomic E-state index is 12.6. The van der Waals surface area contributed by atoms with Crippen molar-refractivity contribution in [3.8, 4) is 6.07 Å². The smallest absolute Gasteiger partial charge is 0.339 e. The quantitative estimate of drug-likeness (QED) is 0.450. The number of piperazine rings is 1. The minimum atomic E-state index is -0.578. The number of halogens is 1. The third-order valence-electron chi connectivity index (χ3n) is 4.74. The summed E-state index contributed by atoms with van der Waals surface area (Å²) in [6.07, 6.45) is 1.56. The number of nitrogens with zero attached hydrogens (tertiary/aromatic N) is 3. The number of ether oxygens (including phenoxy) is 1. The molecule has 1 heterocycles. The molecule has 0 bridgehead atoms. The lowest BCUT2D eigenvalue weighted by atomic mass is 10.1. The lowest BCUT2D eigenvalue weighted by molar-refractivity contribution is -0.112. The molecule has 0 unspecified atom stereocenters. The highest BCUT2D eigenvalue weighted by Crippen LogP contribution is 2.21. The van der Waals surface area contributed by atoms with E-state index in [0.29, 0.717) is 23.8 Å². The molecule has 1 fully saturated rings. The molecule has 0 atom stereocenters. The topological polar surface area (TPSA) is 85.7 Å². The van der Waals surface area contributed by atoms with Crippen LogP contribution in [0.3, 0.4) is 0 Å². The Morgan fingerprint density at radius 2 is 1.87 bits per heavy atom. The highest BCUT2D eigenvalue weighted by molar-refractivity contribution is 6.30. The average Bonchev–Trinajstić information content (AvgIpc) is 2.77. The molecule has 1 saturated heterocycles. The molecular formula is C22H21ClN4O3. The predicted molar refractivity (Wildman–Crippen MR) is 115 cm³/mol. The molecule has 7 nitrogen and oxygen atoms in total. The summed E-state index contributed by atoms with van der Waals surface area (Å²) in [5, 5.41) is 12.8. The standard InChI is InChI=1S/C22H21ClN4O3/c1-30-22(29)19-7-2-3-8-20(19)25-21(28)16(14-24)15-26-9-11-27(12-10-26)18-6-4-5-17(23)13-18/h2-8,13,15H,9-12H2,1H3,(H,25,28)/b16-15-. The number of anilines is 2. The van der Waals surface area contributed by atoms with E-state index in [1.165, 1.54) is 7.11 Å². The molecule has 2 aromatic rings. The Kier molecular flexibility index (Phi) is 6.94. The second-order valence-corrected chi connectivity index (χ2v) is 7.09. The predicted octanol–water partition coefficient (Wildman–Crippen LogP) is 3.29. The van der Waals surface area contributed by atoms with E-state index in [9.17, 15) is 14.9 Å². The van der Waals surface area contributed by atoms with Crippen molar-refractivity contribution in [1.29, 1.82) is 5.26 Å². The van der Waals surface area contributed by atoms with Gasteiger partial charge in [-0.15, -0.1) is 0 Å². The fourth-order valence-corrected chi connectivity index (χ4v) is 3.36. The van der Waals surface area contributed by atoms with E-state index in [1.54, 1.807) is 30.5 Å². The van der Waals surface area contributed by atoms with Gasteiger partial charge in [0.15, 0.2) is 0 Å². The minimum absolute atomic E-state index is 0.0362. The number of hydrogen-bond acceptors (Lipinski definition) is 6. The summed E-state index contributed by atoms with van der Waals surface area (Å²) < 4.78 is 4.73. The van der Waals surface area contributed by atoms with E-state index in [0.717, 1.165) is 18.8 Å². The average molecular weight is 425 g/mol. The number of methoxy groups -OCH3 is 1. The number of nitrogens with one attached hydrogen (secondary N) is 1. The van der Waals surface area contributed by atoms with Gasteiger partial charge in [0.25, 0.3) is 5.91 Å². The monoisotopic (exact) mass is 424 g/mol. The zero-order valence-corrected chi connectivity index (χ0v) is 17.2. The van der Waals surface area contributed by atoms with Crippen LogP contribution < -0.4 is 10.2 Å². The van der Waals surface area contributed by atoms with E-state index in [4.69, 9.17) is 16.3 Å². The third-order valence-corrected chi connectivity index (χ3v) is 4.98. The molecule has 0 saturated carbocycles. The number of carbonyl (C=O) groups excluding carboxylic acids is 2. The summed E-state index contributed by atoms with van der Waals surface area (Å²) in [4.78, 5) is 28.6. The van der Waals surface area contributed by atoms with Crippen LogP contribution in [0, 0.1) is 11.3 Å². The van der Waals surface area contributed by atoms with Crippen LogP contribution >= 0.6 is 11.6 Å². The van der Waals surface area contributed by atoms with Crippen LogP contribution in [0.25, 0.3) is 0 Å². The molecule has 1 aliphatic rings. The van der Waals surface area contributed by atoms with Crippen molar-refractivity contribution in [1.82, 2.24) is 4.90 Å². The molecule has 3 rings (SSSR count). The summed E-state index contributed by atoms with van der Waals surface area (Å²) in [6, 6.07) is 16.1. The lowest BCUT2D eigenvalue weighted by Gasteiger charge is -2.35. The molecule has 30 heavy (non-hydrogen) atoms. The fourth-order valence-electron chi connectivity index (χ4n) is 3.17. The van der Waals surface area contributed by atoms with Gasteiger partial charge in [-0.3, -0.25) is 4.79 Å². The molecule has 2 aromatic carbocycles. The largest absolute Gasteiger partial charge is 0.465 e. The highest BCUT2D eigenvalue weighted by atomic mass is 35.5. The first-order valence-electron chi connectivity index (χ1n) is 9.37. The SMILES string of the molecule is COC(=O)c1ccccc1NC(=O)/C(C#N)=C\N1CCN(c2cccc(Cl)c2)CC1. The van der Waals surface area contributed by atoms with Gasteiger partial charge in [0, 0.05) is 43.1 Å². The van der Waals surface area contributed by atoms with Gasteiger partial charge < -0.3 is 19.9 Å². The first-order chi connectivity index (χ1) is 14.5. The van der Waals surface area contributed by atoms with Crippen LogP contribution in [0.4, 0.5) is 11.4 Å². The summed E-state index contributed by atoms with van der Waals surface area (Å²) >= 11 is 6.07. The van der Waals surface area contributed by atoms with Gasteiger partial charge in [-0.1, -0.05) is 29.8 Å². The minimum Gasteiger partial charge on any atom is -0.465 e. The van der Waals surface area contributed by atoms with E-state index in [2.05, 4.69) is 10.2 Å². The normalized spacial score (nSPS) is 14.1. The number of esters is 1. The van der Waals surface area contributed by atoms with Crippen LogP contribution in [-0.2, 0) is 9.53 Å². The van der Waals surface area contributed by atoms with Gasteiger partial charge in [0.05, 0.1) is 18.4 Å². The number of nitriles is 1. The number of carbonyl (C=O) groups is 2. The van der Waals surface area contributed by atoms with Crippen LogP contribution in [0.5, 0.6) is 0 Å². The van der Waals surface area contributed by atoms with E-state index in [-0.39, 0.29) is 11.1 Å². The number of rotatable bonds is 5. The van der Waals surface area contributed by atoms with E-state index in [1.807, 2.05) is 35.2 Å². The molecule has 0 radical (unpaired) electrons. The lowest BCUT2D eigenvalue weighted by Crippen LogP contribution is -2.44. The maximum Gasteiger partial charge on any atom is 0.339 e. The summed E-state index contributed by atoms with van der Waals surface area (Å²) in [6.45, 7) is 2.79. The van der Waals surface area contributed by atoms with Gasteiger partial charge in [0.2, 0.25) is 0 Å². The van der Waals surface area contributed by atoms with Crippen molar-refractivity contribution in [2.75, 3.05) is 43.5 Å². The Morgan fingerprint density at radius 1 is 1.13 bits per heavy atom. The Bertz CT molecular complexity index is 1010. The van der Waals surface area contributed by atoms with Crippen molar-refractivity contribution in [3.63, 3.8) is 0 Å². The second-order valence-electron chi connectivity index (χ2n) is 6.65. The Morgan fingerprint density at radius 3 is 2.53 bits per heavy atom. The Labute approximate surface area is 180 Å². The molecule has 1 amide bonds. The molecular weight excluding hydrogens is 404 g/mol. The van der Waals surface area contributed by atoms with Crippen LogP contribution in [0.15, 0.2) is 60.3 Å². The first-order valence-corrected chi connectivity index (χ1v) is 9.75. The number of hydrogen-bond donors (Lipinski definition) is 1. The molecule has 0 aliphatic carbocycles.